The van der Waals surface area contributed by atoms with Gasteiger partial charge in [-0.25, -0.2) is 0 Å². The average molecular weight is 333 g/mol. The highest BCUT2D eigenvalue weighted by Gasteiger charge is 2.10. The van der Waals surface area contributed by atoms with Crippen LogP contribution in [0.5, 0.6) is 0 Å². The van der Waals surface area contributed by atoms with Crippen LogP contribution in [0.25, 0.3) is 0 Å². The second-order valence-electron chi connectivity index (χ2n) is 4.73. The minimum atomic E-state index is -0.396. The SMILES string of the molecule is CC(CCO)CNC(=O)CNC(=O)c1ccc(Cl)c(Cl)c1. The van der Waals surface area contributed by atoms with E-state index in [2.05, 4.69) is 10.6 Å². The van der Waals surface area contributed by atoms with Crippen LogP contribution < -0.4 is 10.6 Å². The number of carbonyl (C=O) groups excluding carboxylic acids is 2. The fraction of sp³-hybridized carbons (Fsp3) is 0.429. The molecular weight excluding hydrogens is 315 g/mol. The average Bonchev–Trinajstić information content (AvgIpc) is 2.45. The standard InChI is InChI=1S/C14H18Cl2N2O3/c1-9(4-5-19)7-17-13(20)8-18-14(21)10-2-3-11(15)12(16)6-10/h2-3,6,9,19H,4-5,7-8H2,1H3,(H,17,20)(H,18,21). The summed E-state index contributed by atoms with van der Waals surface area (Å²) in [4.78, 5) is 23.4. The molecule has 0 aliphatic carbocycles. The molecule has 21 heavy (non-hydrogen) atoms. The monoisotopic (exact) mass is 332 g/mol. The van der Waals surface area contributed by atoms with Crippen molar-refractivity contribution in [1.82, 2.24) is 10.6 Å². The van der Waals surface area contributed by atoms with Crippen molar-refractivity contribution in [3.63, 3.8) is 0 Å². The highest BCUT2D eigenvalue weighted by molar-refractivity contribution is 6.42. The molecule has 2 amide bonds. The van der Waals surface area contributed by atoms with Crippen molar-refractivity contribution in [3.05, 3.63) is 33.8 Å². The van der Waals surface area contributed by atoms with E-state index >= 15 is 0 Å². The predicted molar refractivity (Wildman–Crippen MR) is 82.7 cm³/mol. The van der Waals surface area contributed by atoms with Gasteiger partial charge in [0, 0.05) is 18.7 Å². The highest BCUT2D eigenvalue weighted by atomic mass is 35.5. The lowest BCUT2D eigenvalue weighted by Gasteiger charge is -2.11. The van der Waals surface area contributed by atoms with Gasteiger partial charge in [-0.1, -0.05) is 30.1 Å². The number of hydrogen-bond acceptors (Lipinski definition) is 3. The van der Waals surface area contributed by atoms with Gasteiger partial charge in [-0.15, -0.1) is 0 Å². The summed E-state index contributed by atoms with van der Waals surface area (Å²) in [6.45, 7) is 2.35. The summed E-state index contributed by atoms with van der Waals surface area (Å²) in [6.07, 6.45) is 0.621. The molecule has 0 aliphatic heterocycles. The number of rotatable bonds is 7. The molecule has 0 saturated carbocycles. The van der Waals surface area contributed by atoms with E-state index in [0.29, 0.717) is 23.6 Å². The number of carbonyl (C=O) groups is 2. The Kier molecular flexibility index (Phi) is 7.50. The Hall–Kier alpha value is -1.30. The fourth-order valence-corrected chi connectivity index (χ4v) is 1.87. The first-order chi connectivity index (χ1) is 9.93. The molecule has 1 aromatic rings. The van der Waals surface area contributed by atoms with Gasteiger partial charge in [0.25, 0.3) is 5.91 Å². The summed E-state index contributed by atoms with van der Waals surface area (Å²) < 4.78 is 0. The molecule has 0 saturated heterocycles. The molecule has 0 aliphatic rings. The maximum Gasteiger partial charge on any atom is 0.251 e. The van der Waals surface area contributed by atoms with Crippen molar-refractivity contribution in [2.45, 2.75) is 13.3 Å². The summed E-state index contributed by atoms with van der Waals surface area (Å²) in [5, 5.41) is 14.6. The zero-order valence-corrected chi connectivity index (χ0v) is 13.2. The van der Waals surface area contributed by atoms with E-state index in [1.165, 1.54) is 18.2 Å². The number of aliphatic hydroxyl groups excluding tert-OH is 1. The highest BCUT2D eigenvalue weighted by Crippen LogP contribution is 2.22. The molecule has 0 aromatic heterocycles. The van der Waals surface area contributed by atoms with E-state index < -0.39 is 5.91 Å². The number of hydrogen-bond donors (Lipinski definition) is 3. The fourth-order valence-electron chi connectivity index (χ4n) is 1.57. The lowest BCUT2D eigenvalue weighted by molar-refractivity contribution is -0.120. The van der Waals surface area contributed by atoms with Crippen LogP contribution in [0.3, 0.4) is 0 Å². The Bertz CT molecular complexity index is 509. The molecular formula is C14H18Cl2N2O3. The molecule has 1 unspecified atom stereocenters. The molecule has 5 nitrogen and oxygen atoms in total. The van der Waals surface area contributed by atoms with E-state index in [1.807, 2.05) is 6.92 Å². The minimum absolute atomic E-state index is 0.0884. The summed E-state index contributed by atoms with van der Waals surface area (Å²) in [5.41, 5.74) is 0.339. The first-order valence-corrected chi connectivity index (χ1v) is 7.30. The first kappa shape index (κ1) is 17.8. The predicted octanol–water partition coefficient (Wildman–Crippen LogP) is 1.86. The Morgan fingerprint density at radius 2 is 1.95 bits per heavy atom. The first-order valence-electron chi connectivity index (χ1n) is 6.54. The Morgan fingerprint density at radius 1 is 1.24 bits per heavy atom. The Morgan fingerprint density at radius 3 is 2.57 bits per heavy atom. The van der Waals surface area contributed by atoms with E-state index in [4.69, 9.17) is 28.3 Å². The number of aliphatic hydroxyl groups is 1. The molecule has 0 heterocycles. The van der Waals surface area contributed by atoms with Crippen LogP contribution in [0.1, 0.15) is 23.7 Å². The topological polar surface area (TPSA) is 78.4 Å². The van der Waals surface area contributed by atoms with Crippen LogP contribution in [0.4, 0.5) is 0 Å². The number of benzene rings is 1. The van der Waals surface area contributed by atoms with Crippen LogP contribution >= 0.6 is 23.2 Å². The molecule has 0 fully saturated rings. The Balaban J connectivity index is 2.38. The van der Waals surface area contributed by atoms with Gasteiger partial charge in [-0.2, -0.15) is 0 Å². The largest absolute Gasteiger partial charge is 0.396 e. The molecule has 116 valence electrons. The van der Waals surface area contributed by atoms with Crippen molar-refractivity contribution in [1.29, 1.82) is 0 Å². The van der Waals surface area contributed by atoms with Crippen LogP contribution in [0.15, 0.2) is 18.2 Å². The van der Waals surface area contributed by atoms with Gasteiger partial charge >= 0.3 is 0 Å². The van der Waals surface area contributed by atoms with E-state index in [9.17, 15) is 9.59 Å². The summed E-state index contributed by atoms with van der Waals surface area (Å²) in [5.74, 6) is -0.495. The van der Waals surface area contributed by atoms with Crippen molar-refractivity contribution >= 4 is 35.0 Å². The van der Waals surface area contributed by atoms with Gasteiger partial charge in [-0.05, 0) is 30.5 Å². The number of halogens is 2. The normalized spacial score (nSPS) is 11.8. The minimum Gasteiger partial charge on any atom is -0.396 e. The van der Waals surface area contributed by atoms with Crippen LogP contribution in [-0.4, -0.2) is 36.6 Å². The van der Waals surface area contributed by atoms with Crippen molar-refractivity contribution in [2.24, 2.45) is 5.92 Å². The summed E-state index contributed by atoms with van der Waals surface area (Å²) in [6, 6.07) is 4.50. The zero-order chi connectivity index (χ0) is 15.8. The van der Waals surface area contributed by atoms with E-state index in [-0.39, 0.29) is 30.0 Å². The van der Waals surface area contributed by atoms with Gasteiger partial charge in [0.2, 0.25) is 5.91 Å². The third-order valence-electron chi connectivity index (χ3n) is 2.86. The lowest BCUT2D eigenvalue weighted by Crippen LogP contribution is -2.38. The van der Waals surface area contributed by atoms with E-state index in [1.54, 1.807) is 0 Å². The Labute approximate surface area is 133 Å². The summed E-state index contributed by atoms with van der Waals surface area (Å²) >= 11 is 11.6. The molecule has 1 rings (SSSR count). The van der Waals surface area contributed by atoms with Gasteiger partial charge in [0.05, 0.1) is 16.6 Å². The molecule has 1 atom stereocenters. The number of nitrogens with one attached hydrogen (secondary N) is 2. The molecule has 0 bridgehead atoms. The third-order valence-corrected chi connectivity index (χ3v) is 3.60. The summed E-state index contributed by atoms with van der Waals surface area (Å²) in [7, 11) is 0. The maximum absolute atomic E-state index is 11.8. The molecule has 3 N–H and O–H groups in total. The molecule has 7 heteroatoms. The van der Waals surface area contributed by atoms with Crippen molar-refractivity contribution < 1.29 is 14.7 Å². The molecule has 0 radical (unpaired) electrons. The van der Waals surface area contributed by atoms with Gasteiger partial charge in [0.1, 0.15) is 0 Å². The maximum atomic E-state index is 11.8. The third kappa shape index (κ3) is 6.33. The van der Waals surface area contributed by atoms with Gasteiger partial charge < -0.3 is 15.7 Å². The number of amides is 2. The molecule has 0 spiro atoms. The van der Waals surface area contributed by atoms with Crippen LogP contribution in [0.2, 0.25) is 10.0 Å². The second-order valence-corrected chi connectivity index (χ2v) is 5.55. The van der Waals surface area contributed by atoms with Crippen LogP contribution in [-0.2, 0) is 4.79 Å². The van der Waals surface area contributed by atoms with Crippen molar-refractivity contribution in [2.75, 3.05) is 19.7 Å². The zero-order valence-electron chi connectivity index (χ0n) is 11.7. The van der Waals surface area contributed by atoms with E-state index in [0.717, 1.165) is 0 Å². The van der Waals surface area contributed by atoms with Gasteiger partial charge in [-0.3, -0.25) is 9.59 Å². The smallest absolute Gasteiger partial charge is 0.251 e. The van der Waals surface area contributed by atoms with Crippen LogP contribution in [0, 0.1) is 5.92 Å². The molecule has 1 aromatic carbocycles. The van der Waals surface area contributed by atoms with Crippen molar-refractivity contribution in [3.8, 4) is 0 Å². The lowest BCUT2D eigenvalue weighted by atomic mass is 10.1. The quantitative estimate of drug-likeness (QED) is 0.713. The van der Waals surface area contributed by atoms with Gasteiger partial charge in [0.15, 0.2) is 0 Å². The second kappa shape index (κ2) is 8.87.